The maximum Gasteiger partial charge on any atom is 0.327 e. The van der Waals surface area contributed by atoms with E-state index in [1.165, 1.54) is 19.8 Å². The summed E-state index contributed by atoms with van der Waals surface area (Å²) >= 11 is 0. The largest absolute Gasteiger partial charge is 0.480 e. The summed E-state index contributed by atoms with van der Waals surface area (Å²) in [6, 6.07) is -0.829. The van der Waals surface area contributed by atoms with Gasteiger partial charge >= 0.3 is 5.97 Å². The second kappa shape index (κ2) is 5.30. The van der Waals surface area contributed by atoms with Gasteiger partial charge in [0.05, 0.1) is 0 Å². The van der Waals surface area contributed by atoms with Gasteiger partial charge < -0.3 is 15.7 Å². The van der Waals surface area contributed by atoms with Crippen LogP contribution in [0.25, 0.3) is 0 Å². The number of carbonyl (C=O) groups is 2. The van der Waals surface area contributed by atoms with Crippen molar-refractivity contribution in [3.8, 4) is 0 Å². The van der Waals surface area contributed by atoms with Crippen LogP contribution in [-0.2, 0) is 9.59 Å². The molecule has 1 atom stereocenters. The van der Waals surface area contributed by atoms with Crippen LogP contribution >= 0.6 is 0 Å². The van der Waals surface area contributed by atoms with E-state index in [0.717, 1.165) is 13.0 Å². The van der Waals surface area contributed by atoms with Crippen LogP contribution in [-0.4, -0.2) is 36.1 Å². The lowest BCUT2D eigenvalue weighted by atomic mass is 10.0. The van der Waals surface area contributed by atoms with Crippen LogP contribution in [0, 0.1) is 5.41 Å². The number of carbonyl (C=O) groups excluding carboxylic acids is 1. The molecule has 1 amide bonds. The molecule has 0 saturated heterocycles. The molecule has 0 spiro atoms. The highest BCUT2D eigenvalue weighted by molar-refractivity contribution is 5.82. The van der Waals surface area contributed by atoms with Gasteiger partial charge in [-0.3, -0.25) is 4.79 Å². The first-order valence-electron chi connectivity index (χ1n) is 5.70. The molecule has 92 valence electrons. The Morgan fingerprint density at radius 3 is 2.44 bits per heavy atom. The lowest BCUT2D eigenvalue weighted by Gasteiger charge is -2.17. The van der Waals surface area contributed by atoms with E-state index in [9.17, 15) is 9.59 Å². The fourth-order valence-electron chi connectivity index (χ4n) is 1.76. The minimum atomic E-state index is -0.996. The smallest absolute Gasteiger partial charge is 0.327 e. The number of hydrogen-bond donors (Lipinski definition) is 3. The first-order chi connectivity index (χ1) is 7.49. The van der Waals surface area contributed by atoms with Gasteiger partial charge in [0.2, 0.25) is 5.91 Å². The highest BCUT2D eigenvalue weighted by Gasteiger charge is 2.40. The molecule has 0 radical (unpaired) electrons. The van der Waals surface area contributed by atoms with Crippen molar-refractivity contribution < 1.29 is 14.7 Å². The molecule has 0 heterocycles. The van der Waals surface area contributed by atoms with Crippen LogP contribution in [0.4, 0.5) is 0 Å². The number of rotatable bonds is 7. The standard InChI is InChI=1S/C11H20N2O3/c1-3-11(4-5-11)7-12-6-9(10(15)16)13-8(2)14/h9,12H,3-7H2,1-2H3,(H,13,14)(H,15,16). The third-order valence-electron chi connectivity index (χ3n) is 3.23. The molecule has 0 bridgehead atoms. The Kier molecular flexibility index (Phi) is 4.29. The molecule has 1 aliphatic carbocycles. The summed E-state index contributed by atoms with van der Waals surface area (Å²) in [7, 11) is 0. The molecule has 1 aliphatic rings. The Morgan fingerprint density at radius 2 is 2.06 bits per heavy atom. The zero-order valence-electron chi connectivity index (χ0n) is 9.88. The van der Waals surface area contributed by atoms with Crippen molar-refractivity contribution in [2.45, 2.75) is 39.2 Å². The third-order valence-corrected chi connectivity index (χ3v) is 3.23. The van der Waals surface area contributed by atoms with Crippen molar-refractivity contribution in [1.29, 1.82) is 0 Å². The van der Waals surface area contributed by atoms with E-state index in [-0.39, 0.29) is 12.5 Å². The highest BCUT2D eigenvalue weighted by atomic mass is 16.4. The Morgan fingerprint density at radius 1 is 1.44 bits per heavy atom. The topological polar surface area (TPSA) is 78.4 Å². The Balaban J connectivity index is 2.27. The molecular formula is C11H20N2O3. The molecule has 0 aliphatic heterocycles. The summed E-state index contributed by atoms with van der Waals surface area (Å²) in [5, 5.41) is 14.4. The van der Waals surface area contributed by atoms with E-state index >= 15 is 0 Å². The highest BCUT2D eigenvalue weighted by Crippen LogP contribution is 2.47. The van der Waals surface area contributed by atoms with Gasteiger partial charge in [0.15, 0.2) is 0 Å². The van der Waals surface area contributed by atoms with Crippen LogP contribution in [0.3, 0.4) is 0 Å². The van der Waals surface area contributed by atoms with Gasteiger partial charge in [0.1, 0.15) is 6.04 Å². The van der Waals surface area contributed by atoms with Gasteiger partial charge in [-0.05, 0) is 24.7 Å². The number of aliphatic carboxylic acids is 1. The van der Waals surface area contributed by atoms with Crippen molar-refractivity contribution >= 4 is 11.9 Å². The summed E-state index contributed by atoms with van der Waals surface area (Å²) in [6.45, 7) is 4.60. The molecule has 5 nitrogen and oxygen atoms in total. The number of hydrogen-bond acceptors (Lipinski definition) is 3. The van der Waals surface area contributed by atoms with Crippen molar-refractivity contribution in [2.75, 3.05) is 13.1 Å². The molecular weight excluding hydrogens is 208 g/mol. The molecule has 0 aromatic heterocycles. The lowest BCUT2D eigenvalue weighted by Crippen LogP contribution is -2.47. The predicted molar refractivity (Wildman–Crippen MR) is 60.1 cm³/mol. The Labute approximate surface area is 95.6 Å². The number of carboxylic acids is 1. The summed E-state index contributed by atoms with van der Waals surface area (Å²) in [6.07, 6.45) is 3.56. The SMILES string of the molecule is CCC1(CNCC(NC(C)=O)C(=O)O)CC1. The van der Waals surface area contributed by atoms with Crippen molar-refractivity contribution in [3.63, 3.8) is 0 Å². The molecule has 1 unspecified atom stereocenters. The normalized spacial score (nSPS) is 18.9. The summed E-state index contributed by atoms with van der Waals surface area (Å²) in [4.78, 5) is 21.6. The minimum Gasteiger partial charge on any atom is -0.480 e. The van der Waals surface area contributed by atoms with E-state index < -0.39 is 12.0 Å². The fourth-order valence-corrected chi connectivity index (χ4v) is 1.76. The molecule has 1 saturated carbocycles. The van der Waals surface area contributed by atoms with Crippen molar-refractivity contribution in [3.05, 3.63) is 0 Å². The Bertz CT molecular complexity index is 274. The van der Waals surface area contributed by atoms with E-state index in [1.54, 1.807) is 0 Å². The van der Waals surface area contributed by atoms with E-state index in [0.29, 0.717) is 5.41 Å². The summed E-state index contributed by atoms with van der Waals surface area (Å²) < 4.78 is 0. The van der Waals surface area contributed by atoms with Gasteiger partial charge in [-0.15, -0.1) is 0 Å². The van der Waals surface area contributed by atoms with Gasteiger partial charge in [0, 0.05) is 20.0 Å². The first-order valence-corrected chi connectivity index (χ1v) is 5.70. The zero-order chi connectivity index (χ0) is 12.2. The van der Waals surface area contributed by atoms with Crippen LogP contribution < -0.4 is 10.6 Å². The molecule has 5 heteroatoms. The third kappa shape index (κ3) is 3.81. The molecule has 0 aromatic carbocycles. The maximum absolute atomic E-state index is 10.8. The maximum atomic E-state index is 10.8. The molecule has 1 rings (SSSR count). The quantitative estimate of drug-likeness (QED) is 0.587. The van der Waals surface area contributed by atoms with Gasteiger partial charge in [-0.2, -0.15) is 0 Å². The van der Waals surface area contributed by atoms with Gasteiger partial charge in [0.25, 0.3) is 0 Å². The molecule has 3 N–H and O–H groups in total. The first kappa shape index (κ1) is 13.0. The van der Waals surface area contributed by atoms with Crippen LogP contribution in [0.15, 0.2) is 0 Å². The van der Waals surface area contributed by atoms with Gasteiger partial charge in [-0.1, -0.05) is 6.92 Å². The number of nitrogens with one attached hydrogen (secondary N) is 2. The average Bonchev–Trinajstić information content (AvgIpc) is 2.96. The average molecular weight is 228 g/mol. The van der Waals surface area contributed by atoms with Crippen LogP contribution in [0.1, 0.15) is 33.1 Å². The second-order valence-electron chi connectivity index (χ2n) is 4.58. The fraction of sp³-hybridized carbons (Fsp3) is 0.818. The summed E-state index contributed by atoms with van der Waals surface area (Å²) in [5.74, 6) is -1.31. The number of amides is 1. The lowest BCUT2D eigenvalue weighted by molar-refractivity contribution is -0.141. The number of carboxylic acid groups (broad SMARTS) is 1. The summed E-state index contributed by atoms with van der Waals surface area (Å²) in [5.41, 5.74) is 0.388. The van der Waals surface area contributed by atoms with E-state index in [2.05, 4.69) is 17.6 Å². The molecule has 1 fully saturated rings. The molecule has 0 aromatic rings. The van der Waals surface area contributed by atoms with Crippen LogP contribution in [0.5, 0.6) is 0 Å². The van der Waals surface area contributed by atoms with Crippen molar-refractivity contribution in [2.24, 2.45) is 5.41 Å². The Hall–Kier alpha value is -1.10. The van der Waals surface area contributed by atoms with E-state index in [4.69, 9.17) is 5.11 Å². The monoisotopic (exact) mass is 228 g/mol. The zero-order valence-corrected chi connectivity index (χ0v) is 9.88. The molecule has 16 heavy (non-hydrogen) atoms. The van der Waals surface area contributed by atoms with Crippen molar-refractivity contribution in [1.82, 2.24) is 10.6 Å². The van der Waals surface area contributed by atoms with Gasteiger partial charge in [-0.25, -0.2) is 4.79 Å². The predicted octanol–water partition coefficient (Wildman–Crippen LogP) is 0.355. The minimum absolute atomic E-state index is 0.288. The van der Waals surface area contributed by atoms with E-state index in [1.807, 2.05) is 0 Å². The second-order valence-corrected chi connectivity index (χ2v) is 4.58. The van der Waals surface area contributed by atoms with Crippen LogP contribution in [0.2, 0.25) is 0 Å².